The Balaban J connectivity index is 1.66. The number of nitrogens with one attached hydrogen (secondary N) is 1. The lowest BCUT2D eigenvalue weighted by molar-refractivity contribution is -0.118. The summed E-state index contributed by atoms with van der Waals surface area (Å²) >= 11 is 1.71. The summed E-state index contributed by atoms with van der Waals surface area (Å²) < 4.78 is 0. The Morgan fingerprint density at radius 1 is 1.09 bits per heavy atom. The van der Waals surface area contributed by atoms with Crippen LogP contribution in [0.25, 0.3) is 0 Å². The lowest BCUT2D eigenvalue weighted by Gasteiger charge is -2.39. The van der Waals surface area contributed by atoms with E-state index in [0.29, 0.717) is 18.2 Å². The lowest BCUT2D eigenvalue weighted by Crippen LogP contribution is -2.36. The maximum atomic E-state index is 13.4. The van der Waals surface area contributed by atoms with Gasteiger partial charge in [-0.3, -0.25) is 4.79 Å². The first-order valence-corrected chi connectivity index (χ1v) is 12.7. The minimum atomic E-state index is -0.240. The van der Waals surface area contributed by atoms with Crippen molar-refractivity contribution in [1.29, 1.82) is 0 Å². The molecule has 3 heterocycles. The van der Waals surface area contributed by atoms with Gasteiger partial charge in [-0.2, -0.15) is 9.97 Å². The molecular weight excluding hydrogens is 418 g/mol. The van der Waals surface area contributed by atoms with Crippen molar-refractivity contribution in [2.45, 2.75) is 56.8 Å². The number of carbonyl (C=O) groups is 1. The molecule has 168 valence electrons. The topological polar surface area (TPSA) is 84.1 Å². The molecule has 1 saturated heterocycles. The van der Waals surface area contributed by atoms with Gasteiger partial charge in [-0.1, -0.05) is 26.0 Å². The van der Waals surface area contributed by atoms with Gasteiger partial charge in [0.05, 0.1) is 0 Å². The van der Waals surface area contributed by atoms with Crippen LogP contribution in [0.15, 0.2) is 40.4 Å². The van der Waals surface area contributed by atoms with Crippen molar-refractivity contribution in [3.8, 4) is 0 Å². The predicted molar refractivity (Wildman–Crippen MR) is 131 cm³/mol. The van der Waals surface area contributed by atoms with Crippen LogP contribution in [0.5, 0.6) is 0 Å². The van der Waals surface area contributed by atoms with Crippen LogP contribution in [-0.2, 0) is 4.79 Å². The van der Waals surface area contributed by atoms with Gasteiger partial charge < -0.3 is 16.0 Å². The second kappa shape index (κ2) is 8.10. The van der Waals surface area contributed by atoms with Crippen LogP contribution < -0.4 is 16.0 Å². The van der Waals surface area contributed by atoms with Gasteiger partial charge in [0.25, 0.3) is 0 Å². The molecule has 2 aliphatic heterocycles. The monoisotopic (exact) mass is 449 g/mol. The van der Waals surface area contributed by atoms with Gasteiger partial charge in [0.1, 0.15) is 11.6 Å². The van der Waals surface area contributed by atoms with E-state index < -0.39 is 0 Å². The first-order chi connectivity index (χ1) is 15.4. The number of nitrogens with zero attached hydrogens (tertiary/aromatic N) is 3. The molecule has 1 fully saturated rings. The molecule has 1 aromatic carbocycles. The standard InChI is InChI=1S/C25H31N5OS/c1-25(2)13-17-20(18(31)14-25)19(15-7-9-16(32-3)10-8-15)21-22(26)28-24(29-23(21)27-17)30-11-5-4-6-12-30/h7-10,19H,4-6,11-14H2,1-3H3,(H3,26,27,28,29)/t19-/m1/s1. The van der Waals surface area contributed by atoms with Crippen molar-refractivity contribution in [2.75, 3.05) is 35.3 Å². The number of thioether (sulfide) groups is 1. The van der Waals surface area contributed by atoms with Crippen LogP contribution in [-0.4, -0.2) is 35.1 Å². The number of ketones is 1. The van der Waals surface area contributed by atoms with Crippen LogP contribution in [0.4, 0.5) is 17.6 Å². The third kappa shape index (κ3) is 3.76. The average molecular weight is 450 g/mol. The zero-order valence-corrected chi connectivity index (χ0v) is 19.9. The SMILES string of the molecule is CSc1ccc([C@@H]2C3=C(CC(C)(C)CC3=O)Nc3nc(N4CCCCC4)nc(N)c32)cc1. The highest BCUT2D eigenvalue weighted by Gasteiger charge is 2.42. The minimum absolute atomic E-state index is 0.0814. The van der Waals surface area contributed by atoms with Gasteiger partial charge in [0.15, 0.2) is 5.78 Å². The molecule has 3 aliphatic rings. The number of aromatic nitrogens is 2. The van der Waals surface area contributed by atoms with Crippen molar-refractivity contribution in [1.82, 2.24) is 9.97 Å². The second-order valence-corrected chi connectivity index (χ2v) is 10.8. The average Bonchev–Trinajstić information content (AvgIpc) is 2.77. The molecule has 0 amide bonds. The number of rotatable bonds is 3. The molecule has 5 rings (SSSR count). The fraction of sp³-hybridized carbons (Fsp3) is 0.480. The number of fused-ring (bicyclic) bond motifs is 1. The Kier molecular flexibility index (Phi) is 5.40. The highest BCUT2D eigenvalue weighted by molar-refractivity contribution is 7.98. The molecule has 6 nitrogen and oxygen atoms in total. The summed E-state index contributed by atoms with van der Waals surface area (Å²) in [7, 11) is 0. The molecule has 0 saturated carbocycles. The molecular formula is C25H31N5OS. The van der Waals surface area contributed by atoms with Gasteiger partial charge in [0, 0.05) is 47.2 Å². The molecule has 7 heteroatoms. The molecule has 0 spiro atoms. The van der Waals surface area contributed by atoms with Crippen LogP contribution in [0.3, 0.4) is 0 Å². The Morgan fingerprint density at radius 3 is 2.50 bits per heavy atom. The summed E-state index contributed by atoms with van der Waals surface area (Å²) in [5, 5.41) is 3.52. The Labute approximate surface area is 194 Å². The highest BCUT2D eigenvalue weighted by atomic mass is 32.2. The maximum absolute atomic E-state index is 13.4. The van der Waals surface area contributed by atoms with E-state index in [2.05, 4.69) is 54.6 Å². The van der Waals surface area contributed by atoms with Crippen molar-refractivity contribution in [2.24, 2.45) is 5.41 Å². The lowest BCUT2D eigenvalue weighted by atomic mass is 9.69. The Bertz CT molecular complexity index is 1090. The molecule has 1 aromatic heterocycles. The van der Waals surface area contributed by atoms with E-state index in [4.69, 9.17) is 15.7 Å². The van der Waals surface area contributed by atoms with E-state index in [1.807, 2.05) is 0 Å². The summed E-state index contributed by atoms with van der Waals surface area (Å²) in [5.41, 5.74) is 10.2. The second-order valence-electron chi connectivity index (χ2n) is 9.88. The van der Waals surface area contributed by atoms with E-state index >= 15 is 0 Å². The summed E-state index contributed by atoms with van der Waals surface area (Å²) in [6.45, 7) is 6.22. The first kappa shape index (κ1) is 21.3. The number of anilines is 3. The number of nitrogens with two attached hydrogens (primary N) is 1. The van der Waals surface area contributed by atoms with E-state index in [9.17, 15) is 4.79 Å². The summed E-state index contributed by atoms with van der Waals surface area (Å²) in [5.74, 6) is 1.85. The molecule has 0 radical (unpaired) electrons. The quantitative estimate of drug-likeness (QED) is 0.640. The Hall–Kier alpha value is -2.54. The Morgan fingerprint density at radius 2 is 1.81 bits per heavy atom. The normalized spacial score (nSPS) is 22.3. The van der Waals surface area contributed by atoms with Crippen LogP contribution in [0.1, 0.15) is 63.0 Å². The molecule has 1 atom stereocenters. The number of allylic oxidation sites excluding steroid dienone is 2. The fourth-order valence-electron chi connectivity index (χ4n) is 5.29. The van der Waals surface area contributed by atoms with Crippen LogP contribution >= 0.6 is 11.8 Å². The molecule has 0 bridgehead atoms. The van der Waals surface area contributed by atoms with Crippen molar-refractivity contribution in [3.63, 3.8) is 0 Å². The smallest absolute Gasteiger partial charge is 0.229 e. The van der Waals surface area contributed by atoms with Gasteiger partial charge in [-0.15, -0.1) is 11.8 Å². The number of piperidine rings is 1. The van der Waals surface area contributed by atoms with Crippen molar-refractivity contribution < 1.29 is 4.79 Å². The zero-order valence-electron chi connectivity index (χ0n) is 19.1. The van der Waals surface area contributed by atoms with E-state index in [0.717, 1.165) is 60.6 Å². The summed E-state index contributed by atoms with van der Waals surface area (Å²) in [4.78, 5) is 26.5. The van der Waals surface area contributed by atoms with E-state index in [1.54, 1.807) is 11.8 Å². The number of hydrogen-bond donors (Lipinski definition) is 2. The van der Waals surface area contributed by atoms with Gasteiger partial charge >= 0.3 is 0 Å². The molecule has 2 aromatic rings. The number of Topliss-reactive ketones (excluding diaryl/α,β-unsaturated/α-hetero) is 1. The number of benzene rings is 1. The van der Waals surface area contributed by atoms with Crippen molar-refractivity contribution in [3.05, 3.63) is 46.7 Å². The third-order valence-corrected chi connectivity index (χ3v) is 7.56. The van der Waals surface area contributed by atoms with Gasteiger partial charge in [-0.25, -0.2) is 0 Å². The largest absolute Gasteiger partial charge is 0.383 e. The van der Waals surface area contributed by atoms with E-state index in [1.165, 1.54) is 11.3 Å². The maximum Gasteiger partial charge on any atom is 0.229 e. The minimum Gasteiger partial charge on any atom is -0.383 e. The van der Waals surface area contributed by atoms with Crippen molar-refractivity contribution >= 4 is 35.1 Å². The number of nitrogen functional groups attached to an aromatic ring is 1. The van der Waals surface area contributed by atoms with Crippen LogP contribution in [0, 0.1) is 5.41 Å². The van der Waals surface area contributed by atoms with Gasteiger partial charge in [-0.05, 0) is 55.1 Å². The first-order valence-electron chi connectivity index (χ1n) is 11.5. The van der Waals surface area contributed by atoms with Crippen LogP contribution in [0.2, 0.25) is 0 Å². The molecule has 1 aliphatic carbocycles. The van der Waals surface area contributed by atoms with Gasteiger partial charge in [0.2, 0.25) is 5.95 Å². The highest BCUT2D eigenvalue weighted by Crippen LogP contribution is 2.50. The predicted octanol–water partition coefficient (Wildman–Crippen LogP) is 4.97. The van der Waals surface area contributed by atoms with E-state index in [-0.39, 0.29) is 17.1 Å². The zero-order chi connectivity index (χ0) is 22.5. The number of carbonyl (C=O) groups excluding carboxylic acids is 1. The fourth-order valence-corrected chi connectivity index (χ4v) is 5.70. The third-order valence-electron chi connectivity index (χ3n) is 6.82. The molecule has 0 unspecified atom stereocenters. The summed E-state index contributed by atoms with van der Waals surface area (Å²) in [6, 6.07) is 8.44. The summed E-state index contributed by atoms with van der Waals surface area (Å²) in [6.07, 6.45) is 6.96. The number of hydrogen-bond acceptors (Lipinski definition) is 7. The molecule has 32 heavy (non-hydrogen) atoms. The molecule has 3 N–H and O–H groups in total.